The Morgan fingerprint density at radius 2 is 1.86 bits per heavy atom. The molecule has 0 aliphatic heterocycles. The van der Waals surface area contributed by atoms with Crippen molar-refractivity contribution in [2.24, 2.45) is 0 Å². The van der Waals surface area contributed by atoms with Crippen molar-refractivity contribution in [3.63, 3.8) is 0 Å². The molecule has 21 heavy (non-hydrogen) atoms. The molecule has 4 aromatic rings. The summed E-state index contributed by atoms with van der Waals surface area (Å²) in [6.07, 6.45) is 1.69. The zero-order chi connectivity index (χ0) is 14.4. The largest absolute Gasteiger partial charge is 0.464 e. The number of halogens is 1. The molecule has 0 radical (unpaired) electrons. The third-order valence-corrected chi connectivity index (χ3v) is 3.69. The van der Waals surface area contributed by atoms with E-state index in [2.05, 4.69) is 0 Å². The topological polar surface area (TPSA) is 43.4 Å². The molecule has 102 valence electrons. The number of hydrogen-bond donors (Lipinski definition) is 0. The summed E-state index contributed by atoms with van der Waals surface area (Å²) in [6.45, 7) is 0. The van der Waals surface area contributed by atoms with Crippen molar-refractivity contribution < 1.29 is 8.83 Å². The zero-order valence-corrected chi connectivity index (χ0v) is 11.6. The van der Waals surface area contributed by atoms with Crippen LogP contribution in [-0.4, -0.2) is 0 Å². The minimum absolute atomic E-state index is 0.372. The third-order valence-electron chi connectivity index (χ3n) is 3.45. The summed E-state index contributed by atoms with van der Waals surface area (Å²) in [5.74, 6) is 0. The van der Waals surface area contributed by atoms with E-state index in [0.717, 1.165) is 21.9 Å². The highest BCUT2D eigenvalue weighted by Gasteiger charge is 2.11. The van der Waals surface area contributed by atoms with E-state index in [1.54, 1.807) is 18.4 Å². The zero-order valence-electron chi connectivity index (χ0n) is 10.8. The first kappa shape index (κ1) is 12.2. The van der Waals surface area contributed by atoms with Gasteiger partial charge < -0.3 is 8.83 Å². The lowest BCUT2D eigenvalue weighted by Gasteiger charge is -2.00. The Bertz CT molecular complexity index is 1030. The van der Waals surface area contributed by atoms with Crippen molar-refractivity contribution in [2.45, 2.75) is 0 Å². The SMILES string of the molecule is O=c1ccc2cc3c(-c4cccc(Cl)c4)coc3cc2o1. The summed E-state index contributed by atoms with van der Waals surface area (Å²) < 4.78 is 10.8. The highest BCUT2D eigenvalue weighted by atomic mass is 35.5. The smallest absolute Gasteiger partial charge is 0.336 e. The monoisotopic (exact) mass is 296 g/mol. The van der Waals surface area contributed by atoms with Gasteiger partial charge in [-0.2, -0.15) is 0 Å². The Kier molecular flexibility index (Phi) is 2.62. The first-order chi connectivity index (χ1) is 10.2. The van der Waals surface area contributed by atoms with Crippen LogP contribution in [-0.2, 0) is 0 Å². The summed E-state index contributed by atoms with van der Waals surface area (Å²) in [5, 5.41) is 2.49. The fraction of sp³-hybridized carbons (Fsp3) is 0. The summed E-state index contributed by atoms with van der Waals surface area (Å²) >= 11 is 6.05. The van der Waals surface area contributed by atoms with Crippen LogP contribution in [0.3, 0.4) is 0 Å². The molecule has 0 spiro atoms. The fourth-order valence-corrected chi connectivity index (χ4v) is 2.66. The first-order valence-electron chi connectivity index (χ1n) is 6.42. The van der Waals surface area contributed by atoms with Gasteiger partial charge in [-0.1, -0.05) is 23.7 Å². The van der Waals surface area contributed by atoms with Crippen LogP contribution in [0.25, 0.3) is 33.1 Å². The Labute approximate surface area is 124 Å². The maximum absolute atomic E-state index is 11.3. The van der Waals surface area contributed by atoms with Crippen LogP contribution in [0.5, 0.6) is 0 Å². The summed E-state index contributed by atoms with van der Waals surface area (Å²) in [4.78, 5) is 11.3. The maximum Gasteiger partial charge on any atom is 0.336 e. The molecular weight excluding hydrogens is 288 g/mol. The van der Waals surface area contributed by atoms with Gasteiger partial charge in [0.1, 0.15) is 11.2 Å². The molecule has 3 nitrogen and oxygen atoms in total. The van der Waals surface area contributed by atoms with Gasteiger partial charge in [-0.05, 0) is 29.8 Å². The number of fused-ring (bicyclic) bond motifs is 2. The quantitative estimate of drug-likeness (QED) is 0.471. The van der Waals surface area contributed by atoms with Gasteiger partial charge in [-0.3, -0.25) is 0 Å². The molecule has 0 unspecified atom stereocenters. The molecule has 0 saturated carbocycles. The van der Waals surface area contributed by atoms with Gasteiger partial charge in [0.05, 0.1) is 6.26 Å². The molecule has 4 rings (SSSR count). The van der Waals surface area contributed by atoms with Crippen LogP contribution in [0, 0.1) is 0 Å². The molecule has 4 heteroatoms. The maximum atomic E-state index is 11.3. The van der Waals surface area contributed by atoms with Crippen LogP contribution in [0.15, 0.2) is 68.4 Å². The average molecular weight is 297 g/mol. The molecule has 0 amide bonds. The van der Waals surface area contributed by atoms with E-state index in [-0.39, 0.29) is 5.63 Å². The van der Waals surface area contributed by atoms with Gasteiger partial charge in [-0.25, -0.2) is 4.79 Å². The molecule has 0 atom stereocenters. The second-order valence-corrected chi connectivity index (χ2v) is 5.24. The van der Waals surface area contributed by atoms with E-state index >= 15 is 0 Å². The van der Waals surface area contributed by atoms with Crippen molar-refractivity contribution in [3.05, 3.63) is 70.2 Å². The molecule has 0 fully saturated rings. The average Bonchev–Trinajstić information content (AvgIpc) is 2.87. The van der Waals surface area contributed by atoms with Crippen LogP contribution in [0.4, 0.5) is 0 Å². The van der Waals surface area contributed by atoms with Crippen molar-refractivity contribution >= 4 is 33.5 Å². The van der Waals surface area contributed by atoms with E-state index < -0.39 is 0 Å². The summed E-state index contributed by atoms with van der Waals surface area (Å²) in [7, 11) is 0. The highest BCUT2D eigenvalue weighted by Crippen LogP contribution is 2.34. The van der Waals surface area contributed by atoms with Crippen molar-refractivity contribution in [1.82, 2.24) is 0 Å². The second kappa shape index (κ2) is 4.50. The van der Waals surface area contributed by atoms with Gasteiger partial charge in [0.2, 0.25) is 0 Å². The van der Waals surface area contributed by atoms with Gasteiger partial charge in [0, 0.05) is 33.5 Å². The van der Waals surface area contributed by atoms with Crippen LogP contribution in [0.1, 0.15) is 0 Å². The predicted octanol–water partition coefficient (Wildman–Crippen LogP) is 4.86. The number of furan rings is 1. The van der Waals surface area contributed by atoms with Gasteiger partial charge in [0.15, 0.2) is 0 Å². The predicted molar refractivity (Wildman–Crippen MR) is 82.7 cm³/mol. The molecular formula is C17H9ClO3. The normalized spacial score (nSPS) is 11.3. The first-order valence-corrected chi connectivity index (χ1v) is 6.79. The van der Waals surface area contributed by atoms with Crippen molar-refractivity contribution in [3.8, 4) is 11.1 Å². The molecule has 0 aliphatic carbocycles. The Morgan fingerprint density at radius 3 is 2.71 bits per heavy atom. The Balaban J connectivity index is 2.03. The van der Waals surface area contributed by atoms with E-state index in [4.69, 9.17) is 20.4 Å². The lowest BCUT2D eigenvalue weighted by Crippen LogP contribution is -1.93. The van der Waals surface area contributed by atoms with Gasteiger partial charge >= 0.3 is 5.63 Å². The van der Waals surface area contributed by atoms with E-state index in [1.165, 1.54) is 6.07 Å². The molecule has 0 aliphatic rings. The Hall–Kier alpha value is -2.52. The molecule has 0 N–H and O–H groups in total. The summed E-state index contributed by atoms with van der Waals surface area (Å²) in [6, 6.07) is 14.4. The molecule has 2 heterocycles. The fourth-order valence-electron chi connectivity index (χ4n) is 2.47. The minimum atomic E-state index is -0.372. The third kappa shape index (κ3) is 2.03. The van der Waals surface area contributed by atoms with Crippen molar-refractivity contribution in [2.75, 3.05) is 0 Å². The van der Waals surface area contributed by atoms with E-state index in [9.17, 15) is 4.79 Å². The summed E-state index contributed by atoms with van der Waals surface area (Å²) in [5.41, 5.74) is 2.76. The van der Waals surface area contributed by atoms with E-state index in [1.807, 2.05) is 30.3 Å². The number of rotatable bonds is 1. The van der Waals surface area contributed by atoms with Crippen LogP contribution in [0.2, 0.25) is 5.02 Å². The van der Waals surface area contributed by atoms with Gasteiger partial charge in [0.25, 0.3) is 0 Å². The highest BCUT2D eigenvalue weighted by molar-refractivity contribution is 6.30. The number of benzene rings is 2. The van der Waals surface area contributed by atoms with Crippen molar-refractivity contribution in [1.29, 1.82) is 0 Å². The molecule has 0 saturated heterocycles. The lowest BCUT2D eigenvalue weighted by molar-refractivity contribution is 0.559. The van der Waals surface area contributed by atoms with Crippen LogP contribution < -0.4 is 5.63 Å². The minimum Gasteiger partial charge on any atom is -0.464 e. The standard InChI is InChI=1S/C17H9ClO3/c18-12-3-1-2-10(6-12)14-9-20-16-8-15-11(7-13(14)16)4-5-17(19)21-15/h1-9H. The molecule has 0 bridgehead atoms. The number of hydrogen-bond acceptors (Lipinski definition) is 3. The van der Waals surface area contributed by atoms with Crippen LogP contribution >= 0.6 is 11.6 Å². The molecule has 2 aromatic carbocycles. The second-order valence-electron chi connectivity index (χ2n) is 4.80. The van der Waals surface area contributed by atoms with Gasteiger partial charge in [-0.15, -0.1) is 0 Å². The lowest BCUT2D eigenvalue weighted by atomic mass is 10.0. The molecule has 2 aromatic heterocycles. The Morgan fingerprint density at radius 1 is 0.952 bits per heavy atom. The van der Waals surface area contributed by atoms with E-state index in [0.29, 0.717) is 16.2 Å².